The van der Waals surface area contributed by atoms with Crippen molar-refractivity contribution in [2.45, 2.75) is 6.92 Å². The summed E-state index contributed by atoms with van der Waals surface area (Å²) in [5, 5.41) is 10.1. The fourth-order valence-corrected chi connectivity index (χ4v) is 2.10. The lowest BCUT2D eigenvalue weighted by atomic mass is 10.2. The zero-order chi connectivity index (χ0) is 14.8. The Morgan fingerprint density at radius 3 is 2.86 bits per heavy atom. The van der Waals surface area contributed by atoms with Gasteiger partial charge < -0.3 is 9.73 Å². The van der Waals surface area contributed by atoms with E-state index in [1.807, 2.05) is 19.1 Å². The van der Waals surface area contributed by atoms with Crippen LogP contribution in [0, 0.1) is 6.92 Å². The van der Waals surface area contributed by atoms with Gasteiger partial charge in [-0.3, -0.25) is 9.89 Å². The number of rotatable bonds is 3. The van der Waals surface area contributed by atoms with Crippen molar-refractivity contribution in [3.05, 3.63) is 58.9 Å². The Morgan fingerprint density at radius 1 is 1.29 bits per heavy atom. The van der Waals surface area contributed by atoms with Crippen LogP contribution in [-0.2, 0) is 0 Å². The fraction of sp³-hybridized carbons (Fsp3) is 0.0667. The smallest absolute Gasteiger partial charge is 0.276 e. The molecule has 3 rings (SSSR count). The molecular formula is C15H12ClN3O2. The molecule has 2 aromatic heterocycles. The number of nitrogens with one attached hydrogen (secondary N) is 2. The molecule has 0 fully saturated rings. The highest BCUT2D eigenvalue weighted by molar-refractivity contribution is 6.30. The van der Waals surface area contributed by atoms with E-state index in [0.717, 1.165) is 5.76 Å². The lowest BCUT2D eigenvalue weighted by molar-refractivity contribution is 0.102. The first-order chi connectivity index (χ1) is 10.1. The van der Waals surface area contributed by atoms with Crippen LogP contribution in [0.2, 0.25) is 5.02 Å². The third-order valence-corrected chi connectivity index (χ3v) is 3.13. The summed E-state index contributed by atoms with van der Waals surface area (Å²) in [5.41, 5.74) is 1.55. The first-order valence-electron chi connectivity index (χ1n) is 6.31. The molecule has 0 atom stereocenters. The maximum Gasteiger partial charge on any atom is 0.276 e. The van der Waals surface area contributed by atoms with Crippen molar-refractivity contribution in [3.8, 4) is 11.5 Å². The van der Waals surface area contributed by atoms with Crippen LogP contribution in [0.4, 0.5) is 5.69 Å². The number of benzene rings is 1. The summed E-state index contributed by atoms with van der Waals surface area (Å²) in [6.45, 7) is 1.85. The number of aromatic nitrogens is 2. The predicted molar refractivity (Wildman–Crippen MR) is 80.4 cm³/mol. The quantitative estimate of drug-likeness (QED) is 0.771. The van der Waals surface area contributed by atoms with Gasteiger partial charge in [0.25, 0.3) is 5.91 Å². The van der Waals surface area contributed by atoms with Gasteiger partial charge in [-0.25, -0.2) is 0 Å². The van der Waals surface area contributed by atoms with Crippen LogP contribution in [0.3, 0.4) is 0 Å². The molecule has 106 valence electrons. The summed E-state index contributed by atoms with van der Waals surface area (Å²) in [6.07, 6.45) is 0. The number of carbonyl (C=O) groups is 1. The molecule has 21 heavy (non-hydrogen) atoms. The SMILES string of the molecule is Cc1ccc(-c2cc(C(=O)Nc3cccc(Cl)c3)n[nH]2)o1. The third kappa shape index (κ3) is 2.98. The molecule has 0 unspecified atom stereocenters. The normalized spacial score (nSPS) is 10.6. The second kappa shape index (κ2) is 5.46. The molecule has 0 bridgehead atoms. The van der Waals surface area contributed by atoms with Gasteiger partial charge in [-0.05, 0) is 37.3 Å². The first kappa shape index (κ1) is 13.5. The lowest BCUT2D eigenvalue weighted by Gasteiger charge is -2.02. The number of hydrogen-bond acceptors (Lipinski definition) is 3. The lowest BCUT2D eigenvalue weighted by Crippen LogP contribution is -2.12. The highest BCUT2D eigenvalue weighted by atomic mass is 35.5. The van der Waals surface area contributed by atoms with E-state index in [1.54, 1.807) is 30.3 Å². The van der Waals surface area contributed by atoms with Gasteiger partial charge in [0.1, 0.15) is 11.5 Å². The maximum atomic E-state index is 12.1. The van der Waals surface area contributed by atoms with Crippen molar-refractivity contribution < 1.29 is 9.21 Å². The van der Waals surface area contributed by atoms with Crippen molar-refractivity contribution in [1.82, 2.24) is 10.2 Å². The van der Waals surface area contributed by atoms with Gasteiger partial charge in [-0.15, -0.1) is 0 Å². The second-order valence-corrected chi connectivity index (χ2v) is 4.98. The number of aryl methyl sites for hydroxylation is 1. The zero-order valence-corrected chi connectivity index (χ0v) is 11.9. The van der Waals surface area contributed by atoms with Crippen LogP contribution >= 0.6 is 11.6 Å². The van der Waals surface area contributed by atoms with Gasteiger partial charge >= 0.3 is 0 Å². The molecule has 0 saturated heterocycles. The van der Waals surface area contributed by atoms with E-state index in [9.17, 15) is 4.79 Å². The van der Waals surface area contributed by atoms with E-state index in [2.05, 4.69) is 15.5 Å². The van der Waals surface area contributed by atoms with E-state index < -0.39 is 0 Å². The van der Waals surface area contributed by atoms with Crippen molar-refractivity contribution in [2.75, 3.05) is 5.32 Å². The largest absolute Gasteiger partial charge is 0.460 e. The van der Waals surface area contributed by atoms with Crippen molar-refractivity contribution in [2.24, 2.45) is 0 Å². The molecule has 2 heterocycles. The number of halogens is 1. The zero-order valence-electron chi connectivity index (χ0n) is 11.2. The van der Waals surface area contributed by atoms with E-state index in [4.69, 9.17) is 16.0 Å². The number of hydrogen-bond donors (Lipinski definition) is 2. The van der Waals surface area contributed by atoms with Gasteiger partial charge in [-0.2, -0.15) is 5.10 Å². The predicted octanol–water partition coefficient (Wildman–Crippen LogP) is 3.88. The highest BCUT2D eigenvalue weighted by Crippen LogP contribution is 2.21. The molecule has 2 N–H and O–H groups in total. The third-order valence-electron chi connectivity index (χ3n) is 2.90. The summed E-state index contributed by atoms with van der Waals surface area (Å²) in [5.74, 6) is 1.12. The average Bonchev–Trinajstić information content (AvgIpc) is 3.07. The summed E-state index contributed by atoms with van der Waals surface area (Å²) in [6, 6.07) is 12.2. The van der Waals surface area contributed by atoms with Crippen LogP contribution < -0.4 is 5.32 Å². The molecule has 3 aromatic rings. The number of H-pyrrole nitrogens is 1. The van der Waals surface area contributed by atoms with Gasteiger partial charge in [0.15, 0.2) is 11.5 Å². The molecule has 0 spiro atoms. The molecule has 6 heteroatoms. The van der Waals surface area contributed by atoms with E-state index in [1.165, 1.54) is 0 Å². The Morgan fingerprint density at radius 2 is 2.14 bits per heavy atom. The van der Waals surface area contributed by atoms with Crippen molar-refractivity contribution in [1.29, 1.82) is 0 Å². The average molecular weight is 302 g/mol. The van der Waals surface area contributed by atoms with Crippen LogP contribution in [-0.4, -0.2) is 16.1 Å². The Kier molecular flexibility index (Phi) is 3.50. The minimum atomic E-state index is -0.317. The summed E-state index contributed by atoms with van der Waals surface area (Å²) >= 11 is 5.88. The Bertz CT molecular complexity index is 792. The minimum absolute atomic E-state index is 0.277. The van der Waals surface area contributed by atoms with Gasteiger partial charge in [0.05, 0.1) is 0 Å². The number of amides is 1. The van der Waals surface area contributed by atoms with Gasteiger partial charge in [0, 0.05) is 16.8 Å². The Hall–Kier alpha value is -2.53. The number of anilines is 1. The molecule has 0 aliphatic rings. The number of aromatic amines is 1. The molecule has 0 saturated carbocycles. The molecule has 0 aliphatic carbocycles. The highest BCUT2D eigenvalue weighted by Gasteiger charge is 2.13. The fourth-order valence-electron chi connectivity index (χ4n) is 1.90. The van der Waals surface area contributed by atoms with E-state index in [0.29, 0.717) is 22.2 Å². The molecular weight excluding hydrogens is 290 g/mol. The Balaban J connectivity index is 1.78. The Labute approximate surface area is 125 Å². The second-order valence-electron chi connectivity index (χ2n) is 4.54. The summed E-state index contributed by atoms with van der Waals surface area (Å²) in [4.78, 5) is 12.1. The topological polar surface area (TPSA) is 70.9 Å². The molecule has 0 aliphatic heterocycles. The number of furan rings is 1. The van der Waals surface area contributed by atoms with Crippen LogP contribution in [0.25, 0.3) is 11.5 Å². The number of carbonyl (C=O) groups excluding carboxylic acids is 1. The molecule has 0 radical (unpaired) electrons. The summed E-state index contributed by atoms with van der Waals surface area (Å²) in [7, 11) is 0. The summed E-state index contributed by atoms with van der Waals surface area (Å²) < 4.78 is 5.48. The van der Waals surface area contributed by atoms with Crippen molar-refractivity contribution >= 4 is 23.2 Å². The van der Waals surface area contributed by atoms with Crippen LogP contribution in [0.15, 0.2) is 46.9 Å². The molecule has 5 nitrogen and oxygen atoms in total. The molecule has 1 amide bonds. The number of nitrogens with zero attached hydrogens (tertiary/aromatic N) is 1. The standard InChI is InChI=1S/C15H12ClN3O2/c1-9-5-6-14(21-9)12-8-13(19-18-12)15(20)17-11-4-2-3-10(16)7-11/h2-8H,1H3,(H,17,20)(H,18,19). The van der Waals surface area contributed by atoms with Gasteiger partial charge in [-0.1, -0.05) is 17.7 Å². The van der Waals surface area contributed by atoms with Crippen molar-refractivity contribution in [3.63, 3.8) is 0 Å². The van der Waals surface area contributed by atoms with E-state index in [-0.39, 0.29) is 11.6 Å². The van der Waals surface area contributed by atoms with E-state index >= 15 is 0 Å². The minimum Gasteiger partial charge on any atom is -0.460 e. The monoisotopic (exact) mass is 301 g/mol. The maximum absolute atomic E-state index is 12.1. The first-order valence-corrected chi connectivity index (χ1v) is 6.69. The molecule has 1 aromatic carbocycles. The van der Waals surface area contributed by atoms with Crippen LogP contribution in [0.5, 0.6) is 0 Å². The van der Waals surface area contributed by atoms with Gasteiger partial charge in [0.2, 0.25) is 0 Å². The van der Waals surface area contributed by atoms with Crippen LogP contribution in [0.1, 0.15) is 16.2 Å².